The second-order valence-electron chi connectivity index (χ2n) is 7.24. The van der Waals surface area contributed by atoms with Gasteiger partial charge in [0.2, 0.25) is 5.95 Å². The topological polar surface area (TPSA) is 53.5 Å². The predicted octanol–water partition coefficient (Wildman–Crippen LogP) is 3.18. The van der Waals surface area contributed by atoms with Crippen molar-refractivity contribution >= 4 is 23.4 Å². The SMILES string of the molecule is Fc1cccc(Cl)c1CN1CCC(Nc2ccnc(N3CCOCC3)n2)CC1. The Morgan fingerprint density at radius 2 is 1.93 bits per heavy atom. The van der Waals surface area contributed by atoms with Crippen LogP contribution in [-0.4, -0.2) is 60.3 Å². The first-order valence-electron chi connectivity index (χ1n) is 9.76. The molecule has 0 unspecified atom stereocenters. The van der Waals surface area contributed by atoms with Gasteiger partial charge in [0.05, 0.1) is 13.2 Å². The van der Waals surface area contributed by atoms with Crippen molar-refractivity contribution in [2.75, 3.05) is 49.6 Å². The van der Waals surface area contributed by atoms with Gasteiger partial charge in [-0.2, -0.15) is 4.98 Å². The molecule has 8 heteroatoms. The van der Waals surface area contributed by atoms with E-state index in [-0.39, 0.29) is 5.82 Å². The van der Waals surface area contributed by atoms with E-state index in [0.717, 1.165) is 50.8 Å². The number of benzene rings is 1. The van der Waals surface area contributed by atoms with Crippen LogP contribution in [0.25, 0.3) is 0 Å². The van der Waals surface area contributed by atoms with Gasteiger partial charge in [-0.3, -0.25) is 4.90 Å². The number of nitrogens with zero attached hydrogens (tertiary/aromatic N) is 4. The highest BCUT2D eigenvalue weighted by atomic mass is 35.5. The number of nitrogens with one attached hydrogen (secondary N) is 1. The zero-order chi connectivity index (χ0) is 19.3. The van der Waals surface area contributed by atoms with Gasteiger partial charge in [0.1, 0.15) is 11.6 Å². The van der Waals surface area contributed by atoms with Crippen molar-refractivity contribution < 1.29 is 9.13 Å². The molecule has 2 aliphatic heterocycles. The smallest absolute Gasteiger partial charge is 0.227 e. The molecule has 3 heterocycles. The van der Waals surface area contributed by atoms with Crippen LogP contribution < -0.4 is 10.2 Å². The first-order chi connectivity index (χ1) is 13.7. The van der Waals surface area contributed by atoms with Gasteiger partial charge in [-0.05, 0) is 31.0 Å². The van der Waals surface area contributed by atoms with Gasteiger partial charge in [-0.1, -0.05) is 17.7 Å². The third-order valence-electron chi connectivity index (χ3n) is 5.32. The van der Waals surface area contributed by atoms with Crippen LogP contribution in [0.2, 0.25) is 5.02 Å². The van der Waals surface area contributed by atoms with Gasteiger partial charge >= 0.3 is 0 Å². The highest BCUT2D eigenvalue weighted by molar-refractivity contribution is 6.31. The van der Waals surface area contributed by atoms with E-state index in [1.165, 1.54) is 6.07 Å². The molecule has 0 amide bonds. The molecule has 1 aromatic heterocycles. The van der Waals surface area contributed by atoms with E-state index in [1.54, 1.807) is 18.3 Å². The lowest BCUT2D eigenvalue weighted by Gasteiger charge is -2.33. The Labute approximate surface area is 169 Å². The normalized spacial score (nSPS) is 19.0. The largest absolute Gasteiger partial charge is 0.378 e. The van der Waals surface area contributed by atoms with E-state index in [9.17, 15) is 4.39 Å². The maximum absolute atomic E-state index is 14.0. The Hall–Kier alpha value is -1.96. The number of hydrogen-bond acceptors (Lipinski definition) is 6. The van der Waals surface area contributed by atoms with Crippen molar-refractivity contribution in [1.29, 1.82) is 0 Å². The monoisotopic (exact) mass is 405 g/mol. The van der Waals surface area contributed by atoms with Gasteiger partial charge in [0, 0.05) is 55.5 Å². The summed E-state index contributed by atoms with van der Waals surface area (Å²) in [5.41, 5.74) is 0.585. The average molecular weight is 406 g/mol. The average Bonchev–Trinajstić information content (AvgIpc) is 2.73. The maximum Gasteiger partial charge on any atom is 0.227 e. The molecule has 2 saturated heterocycles. The molecule has 150 valence electrons. The van der Waals surface area contributed by atoms with E-state index >= 15 is 0 Å². The Bertz CT molecular complexity index is 774. The first kappa shape index (κ1) is 19.4. The van der Waals surface area contributed by atoms with Crippen LogP contribution in [0.5, 0.6) is 0 Å². The molecule has 28 heavy (non-hydrogen) atoms. The van der Waals surface area contributed by atoms with Crippen molar-refractivity contribution in [2.24, 2.45) is 0 Å². The molecule has 0 saturated carbocycles. The van der Waals surface area contributed by atoms with Gasteiger partial charge in [0.25, 0.3) is 0 Å². The van der Waals surface area contributed by atoms with Crippen molar-refractivity contribution in [1.82, 2.24) is 14.9 Å². The molecule has 0 bridgehead atoms. The van der Waals surface area contributed by atoms with Gasteiger partial charge in [-0.25, -0.2) is 9.37 Å². The number of hydrogen-bond donors (Lipinski definition) is 1. The summed E-state index contributed by atoms with van der Waals surface area (Å²) in [6.45, 7) is 5.40. The van der Waals surface area contributed by atoms with Crippen molar-refractivity contribution in [3.63, 3.8) is 0 Å². The third kappa shape index (κ3) is 4.71. The number of rotatable bonds is 5. The van der Waals surface area contributed by atoms with Gasteiger partial charge in [0.15, 0.2) is 0 Å². The maximum atomic E-state index is 14.0. The summed E-state index contributed by atoms with van der Waals surface area (Å²) >= 11 is 6.16. The lowest BCUT2D eigenvalue weighted by Crippen LogP contribution is -2.39. The number of halogens is 2. The molecular formula is C20H25ClFN5O. The van der Waals surface area contributed by atoms with Crippen molar-refractivity contribution in [3.05, 3.63) is 46.9 Å². The van der Waals surface area contributed by atoms with E-state index in [4.69, 9.17) is 16.3 Å². The summed E-state index contributed by atoms with van der Waals surface area (Å²) in [4.78, 5) is 13.5. The Morgan fingerprint density at radius 3 is 2.68 bits per heavy atom. The Morgan fingerprint density at radius 1 is 1.14 bits per heavy atom. The zero-order valence-electron chi connectivity index (χ0n) is 15.8. The van der Waals surface area contributed by atoms with E-state index in [1.807, 2.05) is 6.07 Å². The molecule has 2 aliphatic rings. The minimum atomic E-state index is -0.232. The summed E-state index contributed by atoms with van der Waals surface area (Å²) in [6, 6.07) is 7.12. The number of likely N-dealkylation sites (tertiary alicyclic amines) is 1. The fourth-order valence-electron chi connectivity index (χ4n) is 3.70. The molecule has 1 aromatic carbocycles. The molecule has 0 radical (unpaired) electrons. The molecule has 1 N–H and O–H groups in total. The van der Waals surface area contributed by atoms with Crippen molar-refractivity contribution in [3.8, 4) is 0 Å². The second-order valence-corrected chi connectivity index (χ2v) is 7.64. The van der Waals surface area contributed by atoms with Crippen LogP contribution in [0.4, 0.5) is 16.2 Å². The van der Waals surface area contributed by atoms with E-state index < -0.39 is 0 Å². The minimum absolute atomic E-state index is 0.232. The molecule has 6 nitrogen and oxygen atoms in total. The molecule has 0 spiro atoms. The van der Waals surface area contributed by atoms with E-state index in [0.29, 0.717) is 36.4 Å². The van der Waals surface area contributed by atoms with Crippen LogP contribution in [0.3, 0.4) is 0 Å². The van der Waals surface area contributed by atoms with Crippen molar-refractivity contribution in [2.45, 2.75) is 25.4 Å². The number of piperidine rings is 1. The standard InChI is InChI=1S/C20H25ClFN5O/c21-17-2-1-3-18(22)16(17)14-26-8-5-15(6-9-26)24-19-4-7-23-20(25-19)27-10-12-28-13-11-27/h1-4,7,15H,5-6,8-14H2,(H,23,24,25). The molecule has 0 aliphatic carbocycles. The first-order valence-corrected chi connectivity index (χ1v) is 10.1. The molecule has 2 fully saturated rings. The van der Waals surface area contributed by atoms with Crippen LogP contribution in [-0.2, 0) is 11.3 Å². The number of morpholine rings is 1. The number of anilines is 2. The highest BCUT2D eigenvalue weighted by Crippen LogP contribution is 2.23. The fourth-order valence-corrected chi connectivity index (χ4v) is 3.92. The lowest BCUT2D eigenvalue weighted by molar-refractivity contribution is 0.122. The van der Waals surface area contributed by atoms with E-state index in [2.05, 4.69) is 25.1 Å². The van der Waals surface area contributed by atoms with Gasteiger partial charge in [-0.15, -0.1) is 0 Å². The molecule has 2 aromatic rings. The lowest BCUT2D eigenvalue weighted by atomic mass is 10.0. The van der Waals surface area contributed by atoms with Crippen LogP contribution in [0.15, 0.2) is 30.5 Å². The summed E-state index contributed by atoms with van der Waals surface area (Å²) in [7, 11) is 0. The molecular weight excluding hydrogens is 381 g/mol. The number of ether oxygens (including phenoxy) is 1. The summed E-state index contributed by atoms with van der Waals surface area (Å²) in [5.74, 6) is 1.37. The second kappa shape index (κ2) is 9.03. The van der Waals surface area contributed by atoms with Crippen LogP contribution in [0.1, 0.15) is 18.4 Å². The quantitative estimate of drug-likeness (QED) is 0.824. The predicted molar refractivity (Wildman–Crippen MR) is 108 cm³/mol. The Balaban J connectivity index is 1.31. The van der Waals surface area contributed by atoms with Crippen LogP contribution >= 0.6 is 11.6 Å². The Kier molecular flexibility index (Phi) is 6.24. The fraction of sp³-hybridized carbons (Fsp3) is 0.500. The number of aromatic nitrogens is 2. The molecule has 0 atom stereocenters. The molecule has 4 rings (SSSR count). The highest BCUT2D eigenvalue weighted by Gasteiger charge is 2.22. The summed E-state index contributed by atoms with van der Waals surface area (Å²) in [5, 5.41) is 4.03. The zero-order valence-corrected chi connectivity index (χ0v) is 16.5. The minimum Gasteiger partial charge on any atom is -0.378 e. The van der Waals surface area contributed by atoms with Gasteiger partial charge < -0.3 is 15.0 Å². The summed E-state index contributed by atoms with van der Waals surface area (Å²) < 4.78 is 19.4. The van der Waals surface area contributed by atoms with Crippen LogP contribution in [0, 0.1) is 5.82 Å². The summed E-state index contributed by atoms with van der Waals surface area (Å²) in [6.07, 6.45) is 3.75. The third-order valence-corrected chi connectivity index (χ3v) is 5.67.